The number of nitrogens with zero attached hydrogens (tertiary/aromatic N) is 4. The summed E-state index contributed by atoms with van der Waals surface area (Å²) >= 11 is 0. The number of ether oxygens (including phenoxy) is 1. The molecule has 32 heavy (non-hydrogen) atoms. The van der Waals surface area contributed by atoms with Gasteiger partial charge in [0.15, 0.2) is 0 Å². The van der Waals surface area contributed by atoms with Crippen molar-refractivity contribution in [3.63, 3.8) is 0 Å². The Labute approximate surface area is 186 Å². The van der Waals surface area contributed by atoms with Gasteiger partial charge in [-0.3, -0.25) is 4.68 Å². The molecule has 2 aromatic rings. The van der Waals surface area contributed by atoms with Crippen molar-refractivity contribution in [3.8, 4) is 11.3 Å². The van der Waals surface area contributed by atoms with Crippen molar-refractivity contribution in [1.29, 1.82) is 0 Å². The Morgan fingerprint density at radius 3 is 2.75 bits per heavy atom. The number of hydrogen-bond acceptors (Lipinski definition) is 5. The zero-order valence-corrected chi connectivity index (χ0v) is 18.9. The van der Waals surface area contributed by atoms with Crippen LogP contribution in [0.15, 0.2) is 18.3 Å². The van der Waals surface area contributed by atoms with Crippen LogP contribution in [0.25, 0.3) is 11.3 Å². The van der Waals surface area contributed by atoms with E-state index in [9.17, 15) is 13.2 Å². The number of fused-ring (bicyclic) bond motifs is 1. The number of anilines is 1. The molecule has 176 valence electrons. The Bertz CT molecular complexity index is 944. The second-order valence-corrected chi connectivity index (χ2v) is 9.10. The molecule has 0 amide bonds. The number of nitrogen functional groups attached to an aromatic ring is 1. The van der Waals surface area contributed by atoms with E-state index >= 15 is 0 Å². The van der Waals surface area contributed by atoms with E-state index in [2.05, 4.69) is 23.7 Å². The standard InChI is InChI=1S/C23H32F3N5O/c1-4-14(2)31-20(21-16-6-5-7-30(8-9-32-3)13-17(16)21)11-19(29-31)15-10-18(23(24,25)26)22(27)28-12-15/h10-12,14,16-17,21H,4-9,13H2,1-3H3,(H2,27,28). The minimum Gasteiger partial charge on any atom is -0.383 e. The molecule has 0 radical (unpaired) electrons. The minimum absolute atomic E-state index is 0.164. The average molecular weight is 452 g/mol. The van der Waals surface area contributed by atoms with Gasteiger partial charge in [-0.05, 0) is 56.7 Å². The second-order valence-electron chi connectivity index (χ2n) is 9.10. The number of likely N-dealkylation sites (tertiary alicyclic amines) is 1. The number of nitrogens with two attached hydrogens (primary N) is 1. The molecule has 2 N–H and O–H groups in total. The van der Waals surface area contributed by atoms with E-state index in [0.29, 0.717) is 29.0 Å². The molecular formula is C23H32F3N5O. The lowest BCUT2D eigenvalue weighted by atomic mass is 10.1. The van der Waals surface area contributed by atoms with Gasteiger partial charge in [-0.2, -0.15) is 18.3 Å². The van der Waals surface area contributed by atoms with Crippen molar-refractivity contribution in [2.45, 2.75) is 51.2 Å². The van der Waals surface area contributed by atoms with Crippen LogP contribution in [-0.2, 0) is 10.9 Å². The van der Waals surface area contributed by atoms with Crippen molar-refractivity contribution in [3.05, 3.63) is 29.6 Å². The lowest BCUT2D eigenvalue weighted by Gasteiger charge is -2.21. The van der Waals surface area contributed by atoms with Crippen LogP contribution >= 0.6 is 0 Å². The molecule has 2 aliphatic rings. The topological polar surface area (TPSA) is 69.2 Å². The highest BCUT2D eigenvalue weighted by Gasteiger charge is 2.53. The lowest BCUT2D eigenvalue weighted by molar-refractivity contribution is -0.137. The fourth-order valence-electron chi connectivity index (χ4n) is 5.06. The molecule has 0 spiro atoms. The lowest BCUT2D eigenvalue weighted by Crippen LogP contribution is -2.30. The maximum absolute atomic E-state index is 13.4. The molecule has 1 saturated heterocycles. The molecule has 0 aromatic carbocycles. The molecule has 4 unspecified atom stereocenters. The Balaban J connectivity index is 1.65. The summed E-state index contributed by atoms with van der Waals surface area (Å²) in [5, 5.41) is 4.75. The van der Waals surface area contributed by atoms with Crippen LogP contribution in [0.3, 0.4) is 0 Å². The van der Waals surface area contributed by atoms with E-state index in [1.54, 1.807) is 7.11 Å². The molecule has 6 nitrogen and oxygen atoms in total. The molecule has 2 aromatic heterocycles. The molecule has 2 fully saturated rings. The highest BCUT2D eigenvalue weighted by molar-refractivity contribution is 5.63. The fraction of sp³-hybridized carbons (Fsp3) is 0.652. The number of pyridine rings is 1. The van der Waals surface area contributed by atoms with Crippen LogP contribution in [0, 0.1) is 11.8 Å². The van der Waals surface area contributed by atoms with Gasteiger partial charge >= 0.3 is 6.18 Å². The summed E-state index contributed by atoms with van der Waals surface area (Å²) in [7, 11) is 1.73. The molecule has 9 heteroatoms. The average Bonchev–Trinajstić information content (AvgIpc) is 3.31. The number of halogens is 3. The molecule has 3 heterocycles. The minimum atomic E-state index is -4.55. The van der Waals surface area contributed by atoms with Crippen LogP contribution in [0.4, 0.5) is 19.0 Å². The van der Waals surface area contributed by atoms with Gasteiger partial charge in [0, 0.05) is 49.6 Å². The summed E-state index contributed by atoms with van der Waals surface area (Å²) in [5.74, 6) is 1.03. The first kappa shape index (κ1) is 23.0. The van der Waals surface area contributed by atoms with E-state index in [-0.39, 0.29) is 6.04 Å². The summed E-state index contributed by atoms with van der Waals surface area (Å²) in [6, 6.07) is 3.20. The highest BCUT2D eigenvalue weighted by atomic mass is 19.4. The first-order valence-electron chi connectivity index (χ1n) is 11.4. The largest absolute Gasteiger partial charge is 0.419 e. The van der Waals surface area contributed by atoms with Crippen LogP contribution in [-0.4, -0.2) is 53.0 Å². The van der Waals surface area contributed by atoms with Gasteiger partial charge in [0.25, 0.3) is 0 Å². The zero-order chi connectivity index (χ0) is 23.0. The maximum atomic E-state index is 13.4. The van der Waals surface area contributed by atoms with Crippen molar-refractivity contribution < 1.29 is 17.9 Å². The van der Waals surface area contributed by atoms with Crippen molar-refractivity contribution in [2.24, 2.45) is 11.8 Å². The first-order chi connectivity index (χ1) is 15.2. The Hall–Kier alpha value is -2.13. The third-order valence-corrected chi connectivity index (χ3v) is 7.06. The van der Waals surface area contributed by atoms with Gasteiger partial charge in [0.05, 0.1) is 17.9 Å². The summed E-state index contributed by atoms with van der Waals surface area (Å²) in [4.78, 5) is 6.27. The third kappa shape index (κ3) is 4.50. The fourth-order valence-corrected chi connectivity index (χ4v) is 5.06. The highest BCUT2D eigenvalue weighted by Crippen LogP contribution is 2.58. The van der Waals surface area contributed by atoms with Gasteiger partial charge in [0.1, 0.15) is 5.82 Å². The van der Waals surface area contributed by atoms with Gasteiger partial charge in [-0.25, -0.2) is 4.98 Å². The van der Waals surface area contributed by atoms with Crippen molar-refractivity contribution in [1.82, 2.24) is 19.7 Å². The Morgan fingerprint density at radius 2 is 2.06 bits per heavy atom. The Kier molecular flexibility index (Phi) is 6.49. The number of methoxy groups -OCH3 is 1. The summed E-state index contributed by atoms with van der Waals surface area (Å²) < 4.78 is 47.3. The van der Waals surface area contributed by atoms with Crippen LogP contribution < -0.4 is 5.73 Å². The van der Waals surface area contributed by atoms with E-state index in [1.807, 2.05) is 10.7 Å². The molecule has 1 aliphatic carbocycles. The predicted octanol–water partition coefficient (Wildman–Crippen LogP) is 4.59. The summed E-state index contributed by atoms with van der Waals surface area (Å²) in [5.41, 5.74) is 6.57. The van der Waals surface area contributed by atoms with Gasteiger partial charge in [-0.1, -0.05) is 6.92 Å². The van der Waals surface area contributed by atoms with E-state index in [0.717, 1.165) is 50.8 Å². The van der Waals surface area contributed by atoms with E-state index < -0.39 is 17.6 Å². The van der Waals surface area contributed by atoms with Gasteiger partial charge in [0.2, 0.25) is 0 Å². The van der Waals surface area contributed by atoms with E-state index in [1.165, 1.54) is 12.6 Å². The molecule has 4 atom stereocenters. The zero-order valence-electron chi connectivity index (χ0n) is 18.9. The summed E-state index contributed by atoms with van der Waals surface area (Å²) in [6.45, 7) is 7.98. The number of aromatic nitrogens is 3. The van der Waals surface area contributed by atoms with Crippen molar-refractivity contribution >= 4 is 5.82 Å². The van der Waals surface area contributed by atoms with Crippen LogP contribution in [0.1, 0.15) is 56.3 Å². The van der Waals surface area contributed by atoms with Crippen LogP contribution in [0.2, 0.25) is 0 Å². The smallest absolute Gasteiger partial charge is 0.383 e. The quantitative estimate of drug-likeness (QED) is 0.667. The maximum Gasteiger partial charge on any atom is 0.419 e. The first-order valence-corrected chi connectivity index (χ1v) is 11.4. The molecule has 0 bridgehead atoms. The van der Waals surface area contributed by atoms with E-state index in [4.69, 9.17) is 15.6 Å². The molecule has 4 rings (SSSR count). The second kappa shape index (κ2) is 9.02. The SMILES string of the molecule is CCC(C)n1nc(-c2cnc(N)c(C(F)(F)F)c2)cc1C1C2CCCN(CCOC)CC21. The number of hydrogen-bond donors (Lipinski definition) is 1. The predicted molar refractivity (Wildman–Crippen MR) is 117 cm³/mol. The monoisotopic (exact) mass is 451 g/mol. The molecule has 1 saturated carbocycles. The van der Waals surface area contributed by atoms with Gasteiger partial charge in [-0.15, -0.1) is 0 Å². The third-order valence-electron chi connectivity index (χ3n) is 7.06. The number of alkyl halides is 3. The molecule has 1 aliphatic heterocycles. The molecular weight excluding hydrogens is 419 g/mol. The number of rotatable bonds is 7. The van der Waals surface area contributed by atoms with Crippen LogP contribution in [0.5, 0.6) is 0 Å². The Morgan fingerprint density at radius 1 is 1.28 bits per heavy atom. The normalized spacial score (nSPS) is 24.8. The van der Waals surface area contributed by atoms with Gasteiger partial charge < -0.3 is 15.4 Å². The summed E-state index contributed by atoms with van der Waals surface area (Å²) in [6.07, 6.45) is 0.0492. The van der Waals surface area contributed by atoms with Crippen molar-refractivity contribution in [2.75, 3.05) is 39.1 Å².